The van der Waals surface area contributed by atoms with Gasteiger partial charge in [0, 0.05) is 13.0 Å². The molecule has 0 aliphatic rings. The van der Waals surface area contributed by atoms with Crippen LogP contribution in [0.2, 0.25) is 0 Å². The van der Waals surface area contributed by atoms with Crippen molar-refractivity contribution in [1.29, 1.82) is 0 Å². The first-order valence-electron chi connectivity index (χ1n) is 9.33. The first-order chi connectivity index (χ1) is 13.6. The molecule has 3 rings (SSSR count). The van der Waals surface area contributed by atoms with E-state index in [9.17, 15) is 9.59 Å². The quantitative estimate of drug-likeness (QED) is 0.560. The molecule has 1 aromatic heterocycles. The van der Waals surface area contributed by atoms with Crippen molar-refractivity contribution >= 4 is 23.2 Å². The Bertz CT molecular complexity index is 853. The van der Waals surface area contributed by atoms with Gasteiger partial charge in [0.1, 0.15) is 0 Å². The minimum atomic E-state index is -0.611. The first-order valence-corrected chi connectivity index (χ1v) is 10.2. The van der Waals surface area contributed by atoms with E-state index in [0.717, 1.165) is 11.1 Å². The highest BCUT2D eigenvalue weighted by atomic mass is 32.1. The fourth-order valence-corrected chi connectivity index (χ4v) is 3.78. The van der Waals surface area contributed by atoms with Crippen LogP contribution in [0.4, 0.5) is 0 Å². The van der Waals surface area contributed by atoms with Gasteiger partial charge in [0.05, 0.1) is 10.4 Å². The van der Waals surface area contributed by atoms with Crippen molar-refractivity contribution in [3.63, 3.8) is 0 Å². The van der Waals surface area contributed by atoms with E-state index in [4.69, 9.17) is 0 Å². The lowest BCUT2D eigenvalue weighted by Gasteiger charge is -2.32. The molecule has 0 saturated heterocycles. The molecule has 0 radical (unpaired) electrons. The highest BCUT2D eigenvalue weighted by molar-refractivity contribution is 7.12. The van der Waals surface area contributed by atoms with E-state index in [1.54, 1.807) is 6.07 Å². The van der Waals surface area contributed by atoms with Gasteiger partial charge in [-0.3, -0.25) is 9.59 Å². The smallest absolute Gasteiger partial charge is 0.261 e. The van der Waals surface area contributed by atoms with E-state index in [1.807, 2.05) is 79.0 Å². The molecule has 2 amide bonds. The van der Waals surface area contributed by atoms with Crippen LogP contribution in [0.25, 0.3) is 0 Å². The summed E-state index contributed by atoms with van der Waals surface area (Å²) in [4.78, 5) is 25.3. The van der Waals surface area contributed by atoms with Crippen LogP contribution in [0.5, 0.6) is 0 Å². The predicted octanol–water partition coefficient (Wildman–Crippen LogP) is 4.34. The fourth-order valence-electron chi connectivity index (χ4n) is 3.14. The monoisotopic (exact) mass is 392 g/mol. The molecule has 0 atom stereocenters. The van der Waals surface area contributed by atoms with Crippen molar-refractivity contribution in [2.24, 2.45) is 0 Å². The number of benzene rings is 2. The molecule has 0 saturated carbocycles. The minimum Gasteiger partial charge on any atom is -0.351 e. The maximum atomic E-state index is 12.7. The second kappa shape index (κ2) is 9.33. The third kappa shape index (κ3) is 4.87. The summed E-state index contributed by atoms with van der Waals surface area (Å²) in [5.74, 6) is -0.130. The standard InChI is InChI=1S/C23H24N2O2S/c1-23(18-10-4-2-5-11-18,19-12-6-3-7-13-19)25-21(26)15-8-16-24-22(27)20-14-9-17-28-20/h2-7,9-14,17H,8,15-16H2,1H3,(H,24,27)(H,25,26). The largest absolute Gasteiger partial charge is 0.351 e. The van der Waals surface area contributed by atoms with Crippen molar-refractivity contribution in [2.75, 3.05) is 6.54 Å². The van der Waals surface area contributed by atoms with E-state index < -0.39 is 5.54 Å². The number of nitrogens with one attached hydrogen (secondary N) is 2. The Balaban J connectivity index is 1.60. The van der Waals surface area contributed by atoms with E-state index in [2.05, 4.69) is 10.6 Å². The van der Waals surface area contributed by atoms with Gasteiger partial charge >= 0.3 is 0 Å². The molecule has 5 heteroatoms. The molecular weight excluding hydrogens is 368 g/mol. The van der Waals surface area contributed by atoms with Crippen LogP contribution in [-0.4, -0.2) is 18.4 Å². The van der Waals surface area contributed by atoms with Crippen molar-refractivity contribution in [1.82, 2.24) is 10.6 Å². The summed E-state index contributed by atoms with van der Waals surface area (Å²) in [5, 5.41) is 7.92. The molecule has 4 nitrogen and oxygen atoms in total. The molecule has 2 N–H and O–H groups in total. The van der Waals surface area contributed by atoms with Crippen LogP contribution in [0.3, 0.4) is 0 Å². The van der Waals surface area contributed by atoms with Gasteiger partial charge in [-0.25, -0.2) is 0 Å². The number of carbonyl (C=O) groups is 2. The number of carbonyl (C=O) groups excluding carboxylic acids is 2. The van der Waals surface area contributed by atoms with Crippen LogP contribution in [0, 0.1) is 0 Å². The van der Waals surface area contributed by atoms with Crippen LogP contribution in [0.15, 0.2) is 78.2 Å². The summed E-state index contributed by atoms with van der Waals surface area (Å²) < 4.78 is 0. The second-order valence-electron chi connectivity index (χ2n) is 6.74. The van der Waals surface area contributed by atoms with Crippen LogP contribution < -0.4 is 10.6 Å². The molecular formula is C23H24N2O2S. The third-order valence-corrected chi connectivity index (χ3v) is 5.57. The van der Waals surface area contributed by atoms with Gasteiger partial charge in [-0.2, -0.15) is 0 Å². The van der Waals surface area contributed by atoms with E-state index in [-0.39, 0.29) is 11.8 Å². The lowest BCUT2D eigenvalue weighted by molar-refractivity contribution is -0.122. The number of thiophene rings is 1. The lowest BCUT2D eigenvalue weighted by atomic mass is 9.84. The third-order valence-electron chi connectivity index (χ3n) is 4.70. The van der Waals surface area contributed by atoms with Crippen molar-refractivity contribution in [2.45, 2.75) is 25.3 Å². The van der Waals surface area contributed by atoms with Gasteiger partial charge in [-0.15, -0.1) is 11.3 Å². The average molecular weight is 393 g/mol. The average Bonchev–Trinajstić information content (AvgIpc) is 3.27. The summed E-state index contributed by atoms with van der Waals surface area (Å²) in [6.45, 7) is 2.49. The molecule has 28 heavy (non-hydrogen) atoms. The maximum absolute atomic E-state index is 12.7. The summed E-state index contributed by atoms with van der Waals surface area (Å²) in [6.07, 6.45) is 0.933. The minimum absolute atomic E-state index is 0.0411. The molecule has 0 bridgehead atoms. The normalized spacial score (nSPS) is 11.0. The number of hydrogen-bond acceptors (Lipinski definition) is 3. The zero-order valence-corrected chi connectivity index (χ0v) is 16.7. The van der Waals surface area contributed by atoms with Gasteiger partial charge in [0.2, 0.25) is 5.91 Å². The van der Waals surface area contributed by atoms with E-state index >= 15 is 0 Å². The Labute approximate surface area is 169 Å². The van der Waals surface area contributed by atoms with Gasteiger partial charge < -0.3 is 10.6 Å². The number of hydrogen-bond donors (Lipinski definition) is 2. The van der Waals surface area contributed by atoms with Crippen LogP contribution in [0.1, 0.15) is 40.6 Å². The topological polar surface area (TPSA) is 58.2 Å². The lowest BCUT2D eigenvalue weighted by Crippen LogP contribution is -2.44. The molecule has 0 unspecified atom stereocenters. The SMILES string of the molecule is CC(NC(=O)CCCNC(=O)c1cccs1)(c1ccccc1)c1ccccc1. The Kier molecular flexibility index (Phi) is 6.61. The summed E-state index contributed by atoms with van der Waals surface area (Å²) in [6, 6.07) is 23.6. The van der Waals surface area contributed by atoms with Crippen molar-refractivity contribution in [3.8, 4) is 0 Å². The maximum Gasteiger partial charge on any atom is 0.261 e. The Hall–Kier alpha value is -2.92. The van der Waals surface area contributed by atoms with Crippen molar-refractivity contribution in [3.05, 3.63) is 94.2 Å². The van der Waals surface area contributed by atoms with E-state index in [1.165, 1.54) is 11.3 Å². The molecule has 0 aliphatic heterocycles. The van der Waals surface area contributed by atoms with Crippen molar-refractivity contribution < 1.29 is 9.59 Å². The summed E-state index contributed by atoms with van der Waals surface area (Å²) >= 11 is 1.41. The Morgan fingerprint density at radius 2 is 1.50 bits per heavy atom. The van der Waals surface area contributed by atoms with Gasteiger partial charge in [-0.05, 0) is 35.9 Å². The van der Waals surface area contributed by atoms with Crippen LogP contribution >= 0.6 is 11.3 Å². The molecule has 0 aliphatic carbocycles. The van der Waals surface area contributed by atoms with Gasteiger partial charge in [-0.1, -0.05) is 66.7 Å². The molecule has 0 fully saturated rings. The number of rotatable bonds is 8. The van der Waals surface area contributed by atoms with Gasteiger partial charge in [0.15, 0.2) is 0 Å². The van der Waals surface area contributed by atoms with E-state index in [0.29, 0.717) is 24.3 Å². The summed E-state index contributed by atoms with van der Waals surface area (Å²) in [5.41, 5.74) is 1.45. The highest BCUT2D eigenvalue weighted by Crippen LogP contribution is 2.29. The molecule has 3 aromatic rings. The first kappa shape index (κ1) is 19.8. The zero-order chi connectivity index (χ0) is 19.8. The molecule has 144 valence electrons. The molecule has 0 spiro atoms. The second-order valence-corrected chi connectivity index (χ2v) is 7.69. The molecule has 1 heterocycles. The predicted molar refractivity (Wildman–Crippen MR) is 113 cm³/mol. The van der Waals surface area contributed by atoms with Crippen LogP contribution in [-0.2, 0) is 10.3 Å². The molecule has 2 aromatic carbocycles. The van der Waals surface area contributed by atoms with Gasteiger partial charge in [0.25, 0.3) is 5.91 Å². The Morgan fingerprint density at radius 1 is 0.893 bits per heavy atom. The Morgan fingerprint density at radius 3 is 2.04 bits per heavy atom. The fraction of sp³-hybridized carbons (Fsp3) is 0.217. The zero-order valence-electron chi connectivity index (χ0n) is 15.9. The number of amides is 2. The highest BCUT2D eigenvalue weighted by Gasteiger charge is 2.30. The summed E-state index contributed by atoms with van der Waals surface area (Å²) in [7, 11) is 0.